The summed E-state index contributed by atoms with van der Waals surface area (Å²) in [6.45, 7) is 1.73. The van der Waals surface area contributed by atoms with Crippen LogP contribution in [0.3, 0.4) is 0 Å². The number of rotatable bonds is 4. The summed E-state index contributed by atoms with van der Waals surface area (Å²) < 4.78 is 2.28. The zero-order valence-electron chi connectivity index (χ0n) is 13.3. The van der Waals surface area contributed by atoms with E-state index in [1.807, 2.05) is 6.07 Å². The molecule has 23 heavy (non-hydrogen) atoms. The molecule has 0 unspecified atom stereocenters. The van der Waals surface area contributed by atoms with Crippen molar-refractivity contribution >= 4 is 17.6 Å². The highest BCUT2D eigenvalue weighted by Gasteiger charge is 2.14. The van der Waals surface area contributed by atoms with E-state index in [9.17, 15) is 10.1 Å². The van der Waals surface area contributed by atoms with Gasteiger partial charge in [0.25, 0.3) is 5.69 Å². The summed E-state index contributed by atoms with van der Waals surface area (Å²) in [5, 5.41) is 11.0. The summed E-state index contributed by atoms with van der Waals surface area (Å²) in [5.74, 6) is 0. The van der Waals surface area contributed by atoms with Crippen molar-refractivity contribution in [3.8, 4) is 0 Å². The Morgan fingerprint density at radius 2 is 2.04 bits per heavy atom. The normalized spacial score (nSPS) is 16.0. The fraction of sp³-hybridized carbons (Fsp3) is 0.389. The average molecular weight is 311 g/mol. The highest BCUT2D eigenvalue weighted by molar-refractivity contribution is 5.81. The van der Waals surface area contributed by atoms with E-state index < -0.39 is 0 Å². The molecule has 0 amide bonds. The molecule has 1 aliphatic carbocycles. The molecule has 0 bridgehead atoms. The highest BCUT2D eigenvalue weighted by atomic mass is 16.6. The van der Waals surface area contributed by atoms with Crippen LogP contribution in [0.4, 0.5) is 11.4 Å². The average Bonchev–Trinajstić information content (AvgIpc) is 3.03. The molecule has 1 aromatic carbocycles. The van der Waals surface area contributed by atoms with Gasteiger partial charge in [0, 0.05) is 41.8 Å². The van der Waals surface area contributed by atoms with E-state index in [0.29, 0.717) is 17.3 Å². The van der Waals surface area contributed by atoms with E-state index in [1.165, 1.54) is 38.2 Å². The summed E-state index contributed by atoms with van der Waals surface area (Å²) in [7, 11) is 0. The van der Waals surface area contributed by atoms with Gasteiger partial charge in [-0.25, -0.2) is 0 Å². The van der Waals surface area contributed by atoms with Gasteiger partial charge < -0.3 is 4.57 Å². The molecule has 1 heterocycles. The summed E-state index contributed by atoms with van der Waals surface area (Å²) in [5.41, 5.74) is 2.39. The zero-order valence-corrected chi connectivity index (χ0v) is 13.3. The van der Waals surface area contributed by atoms with Crippen LogP contribution < -0.4 is 0 Å². The minimum Gasteiger partial charge on any atom is -0.351 e. The Balaban J connectivity index is 1.74. The predicted octanol–water partition coefficient (Wildman–Crippen LogP) is 4.96. The van der Waals surface area contributed by atoms with E-state index in [1.54, 1.807) is 25.3 Å². The van der Waals surface area contributed by atoms with Crippen molar-refractivity contribution in [1.82, 2.24) is 4.57 Å². The van der Waals surface area contributed by atoms with Gasteiger partial charge in [0.1, 0.15) is 0 Å². The number of hydrogen-bond acceptors (Lipinski definition) is 3. The maximum atomic E-state index is 11.0. The largest absolute Gasteiger partial charge is 0.351 e. The first kappa shape index (κ1) is 15.5. The van der Waals surface area contributed by atoms with Crippen LogP contribution in [0.5, 0.6) is 0 Å². The molecule has 5 nitrogen and oxygen atoms in total. The van der Waals surface area contributed by atoms with Crippen molar-refractivity contribution in [2.75, 3.05) is 0 Å². The van der Waals surface area contributed by atoms with Crippen LogP contribution in [-0.4, -0.2) is 15.7 Å². The Morgan fingerprint density at radius 1 is 1.26 bits per heavy atom. The van der Waals surface area contributed by atoms with Crippen molar-refractivity contribution in [1.29, 1.82) is 0 Å². The second-order valence-corrected chi connectivity index (χ2v) is 6.17. The van der Waals surface area contributed by atoms with Crippen LogP contribution in [0.15, 0.2) is 41.7 Å². The molecule has 120 valence electrons. The molecule has 1 fully saturated rings. The first-order valence-corrected chi connectivity index (χ1v) is 8.10. The molecule has 1 aromatic heterocycles. The quantitative estimate of drug-likeness (QED) is 0.455. The second-order valence-electron chi connectivity index (χ2n) is 6.17. The van der Waals surface area contributed by atoms with Crippen molar-refractivity contribution < 1.29 is 4.92 Å². The Morgan fingerprint density at radius 3 is 2.78 bits per heavy atom. The van der Waals surface area contributed by atoms with Crippen molar-refractivity contribution in [3.05, 3.63) is 57.9 Å². The van der Waals surface area contributed by atoms with Crippen molar-refractivity contribution in [2.45, 2.75) is 45.1 Å². The summed E-state index contributed by atoms with van der Waals surface area (Å²) in [4.78, 5) is 15.0. The fourth-order valence-electron chi connectivity index (χ4n) is 3.14. The maximum Gasteiger partial charge on any atom is 0.274 e. The smallest absolute Gasteiger partial charge is 0.274 e. The third-order valence-electron chi connectivity index (χ3n) is 4.49. The van der Waals surface area contributed by atoms with Gasteiger partial charge in [-0.05, 0) is 31.9 Å². The van der Waals surface area contributed by atoms with Crippen molar-refractivity contribution in [3.63, 3.8) is 0 Å². The lowest BCUT2D eigenvalue weighted by Crippen LogP contribution is -2.10. The maximum absolute atomic E-state index is 11.0. The number of aliphatic imine (C=N–C) groups is 1. The van der Waals surface area contributed by atoms with Gasteiger partial charge in [0.05, 0.1) is 10.6 Å². The second kappa shape index (κ2) is 6.77. The van der Waals surface area contributed by atoms with Crippen LogP contribution in [-0.2, 0) is 0 Å². The number of nitrogens with zero attached hydrogens (tertiary/aromatic N) is 3. The van der Waals surface area contributed by atoms with Crippen LogP contribution in [0.2, 0.25) is 0 Å². The third kappa shape index (κ3) is 3.67. The van der Waals surface area contributed by atoms with E-state index in [0.717, 1.165) is 5.56 Å². The number of nitro groups is 1. The topological polar surface area (TPSA) is 60.4 Å². The minimum atomic E-state index is -0.367. The molecule has 1 aliphatic rings. The Hall–Kier alpha value is -2.43. The van der Waals surface area contributed by atoms with E-state index >= 15 is 0 Å². The van der Waals surface area contributed by atoms with E-state index in [-0.39, 0.29) is 10.6 Å². The Bertz CT molecular complexity index is 728. The van der Waals surface area contributed by atoms with E-state index in [4.69, 9.17) is 0 Å². The summed E-state index contributed by atoms with van der Waals surface area (Å²) in [6.07, 6.45) is 12.4. The molecule has 1 saturated carbocycles. The first-order valence-electron chi connectivity index (χ1n) is 8.10. The van der Waals surface area contributed by atoms with Crippen LogP contribution >= 0.6 is 0 Å². The molecule has 3 rings (SSSR count). The summed E-state index contributed by atoms with van der Waals surface area (Å²) in [6, 6.07) is 7.70. The van der Waals surface area contributed by atoms with Gasteiger partial charge in [-0.1, -0.05) is 25.3 Å². The Labute approximate surface area is 135 Å². The molecular weight excluding hydrogens is 290 g/mol. The number of nitro benzene ring substituents is 1. The molecule has 0 N–H and O–H groups in total. The van der Waals surface area contributed by atoms with E-state index in [2.05, 4.69) is 22.0 Å². The van der Waals surface area contributed by atoms with Gasteiger partial charge in [0.15, 0.2) is 0 Å². The highest BCUT2D eigenvalue weighted by Crippen LogP contribution is 2.28. The third-order valence-corrected chi connectivity index (χ3v) is 4.49. The molecule has 0 saturated heterocycles. The van der Waals surface area contributed by atoms with Crippen LogP contribution in [0, 0.1) is 17.0 Å². The number of hydrogen-bond donors (Lipinski definition) is 0. The Kier molecular flexibility index (Phi) is 4.55. The predicted molar refractivity (Wildman–Crippen MR) is 91.6 cm³/mol. The van der Waals surface area contributed by atoms with Gasteiger partial charge in [-0.3, -0.25) is 15.1 Å². The van der Waals surface area contributed by atoms with Crippen LogP contribution in [0.25, 0.3) is 0 Å². The first-order chi connectivity index (χ1) is 11.1. The lowest BCUT2D eigenvalue weighted by Gasteiger charge is -2.23. The molecule has 5 heteroatoms. The van der Waals surface area contributed by atoms with Crippen molar-refractivity contribution in [2.24, 2.45) is 4.99 Å². The van der Waals surface area contributed by atoms with Gasteiger partial charge in [0.2, 0.25) is 0 Å². The molecule has 0 atom stereocenters. The number of aromatic nitrogens is 1. The molecular formula is C18H21N3O2. The standard InChI is InChI=1S/C18H21N3O2/c1-14-7-8-16(11-18(14)21(22)23)19-12-15-9-10-20(13-15)17-5-3-2-4-6-17/h7-13,17H,2-6H2,1H3. The van der Waals surface area contributed by atoms with Crippen LogP contribution in [0.1, 0.15) is 49.3 Å². The molecule has 0 aliphatic heterocycles. The van der Waals surface area contributed by atoms with Gasteiger partial charge in [-0.2, -0.15) is 0 Å². The lowest BCUT2D eigenvalue weighted by molar-refractivity contribution is -0.385. The van der Waals surface area contributed by atoms with Gasteiger partial charge in [-0.15, -0.1) is 0 Å². The fourth-order valence-corrected chi connectivity index (χ4v) is 3.14. The van der Waals surface area contributed by atoms with Gasteiger partial charge >= 0.3 is 0 Å². The SMILES string of the molecule is Cc1ccc(N=Cc2ccn(C3CCCCC3)c2)cc1[N+](=O)[O-]. The molecule has 0 spiro atoms. The molecule has 2 aromatic rings. The minimum absolute atomic E-state index is 0.111. The lowest BCUT2D eigenvalue weighted by atomic mass is 9.95. The number of aryl methyl sites for hydroxylation is 1. The zero-order chi connectivity index (χ0) is 16.2. The summed E-state index contributed by atoms with van der Waals surface area (Å²) >= 11 is 0. The number of benzene rings is 1. The molecule has 0 radical (unpaired) electrons. The monoisotopic (exact) mass is 311 g/mol.